The van der Waals surface area contributed by atoms with Gasteiger partial charge in [-0.3, -0.25) is 0 Å². The quantitative estimate of drug-likeness (QED) is 0.899. The SMILES string of the molecule is CC(C)(C)OC(=O)N1CCC(Nc2ccccc2CO)C1. The maximum Gasteiger partial charge on any atom is 0.410 e. The topological polar surface area (TPSA) is 61.8 Å². The summed E-state index contributed by atoms with van der Waals surface area (Å²) in [5.74, 6) is 0. The zero-order valence-electron chi connectivity index (χ0n) is 12.9. The molecule has 1 aromatic rings. The lowest BCUT2D eigenvalue weighted by Crippen LogP contribution is -2.36. The number of anilines is 1. The predicted molar refractivity (Wildman–Crippen MR) is 82.2 cm³/mol. The van der Waals surface area contributed by atoms with Crippen LogP contribution in [0.25, 0.3) is 0 Å². The molecule has 1 unspecified atom stereocenters. The molecule has 5 heteroatoms. The van der Waals surface area contributed by atoms with E-state index >= 15 is 0 Å². The molecule has 1 atom stereocenters. The zero-order valence-corrected chi connectivity index (χ0v) is 12.9. The van der Waals surface area contributed by atoms with Crippen LogP contribution in [0.5, 0.6) is 0 Å². The summed E-state index contributed by atoms with van der Waals surface area (Å²) in [6.07, 6.45) is 0.612. The van der Waals surface area contributed by atoms with Gasteiger partial charge in [-0.2, -0.15) is 0 Å². The highest BCUT2D eigenvalue weighted by Crippen LogP contribution is 2.21. The highest BCUT2D eigenvalue weighted by Gasteiger charge is 2.29. The first-order valence-corrected chi connectivity index (χ1v) is 7.32. The first-order valence-electron chi connectivity index (χ1n) is 7.32. The Morgan fingerprint density at radius 1 is 1.43 bits per heavy atom. The van der Waals surface area contributed by atoms with Gasteiger partial charge in [-0.15, -0.1) is 0 Å². The van der Waals surface area contributed by atoms with E-state index in [0.717, 1.165) is 17.7 Å². The van der Waals surface area contributed by atoms with Crippen LogP contribution in [0.4, 0.5) is 10.5 Å². The van der Waals surface area contributed by atoms with Crippen LogP contribution in [0.1, 0.15) is 32.8 Å². The molecule has 0 aromatic heterocycles. The highest BCUT2D eigenvalue weighted by molar-refractivity contribution is 5.68. The summed E-state index contributed by atoms with van der Waals surface area (Å²) in [7, 11) is 0. The monoisotopic (exact) mass is 292 g/mol. The van der Waals surface area contributed by atoms with Crippen molar-refractivity contribution in [2.24, 2.45) is 0 Å². The number of aliphatic hydroxyl groups excluding tert-OH is 1. The van der Waals surface area contributed by atoms with Gasteiger partial charge in [-0.05, 0) is 33.3 Å². The van der Waals surface area contributed by atoms with Crippen LogP contribution in [0.3, 0.4) is 0 Å². The number of amides is 1. The molecule has 1 amide bonds. The average molecular weight is 292 g/mol. The molecule has 21 heavy (non-hydrogen) atoms. The van der Waals surface area contributed by atoms with Gasteiger partial charge >= 0.3 is 6.09 Å². The summed E-state index contributed by atoms with van der Waals surface area (Å²) in [5, 5.41) is 12.7. The van der Waals surface area contributed by atoms with Gasteiger partial charge < -0.3 is 20.1 Å². The minimum absolute atomic E-state index is 0.00563. The second kappa shape index (κ2) is 6.35. The molecule has 1 fully saturated rings. The Morgan fingerprint density at radius 3 is 2.81 bits per heavy atom. The van der Waals surface area contributed by atoms with Crippen molar-refractivity contribution in [1.29, 1.82) is 0 Å². The van der Waals surface area contributed by atoms with Crippen molar-refractivity contribution in [3.05, 3.63) is 29.8 Å². The van der Waals surface area contributed by atoms with Crippen LogP contribution < -0.4 is 5.32 Å². The van der Waals surface area contributed by atoms with Gasteiger partial charge in [0.15, 0.2) is 0 Å². The number of benzene rings is 1. The van der Waals surface area contributed by atoms with E-state index in [-0.39, 0.29) is 18.7 Å². The molecular formula is C16H24N2O3. The lowest BCUT2D eigenvalue weighted by molar-refractivity contribution is 0.0293. The van der Waals surface area contributed by atoms with E-state index in [4.69, 9.17) is 4.74 Å². The molecule has 1 saturated heterocycles. The molecule has 0 aliphatic carbocycles. The normalized spacial score (nSPS) is 18.7. The Labute approximate surface area is 125 Å². The van der Waals surface area contributed by atoms with Crippen molar-refractivity contribution < 1.29 is 14.6 Å². The van der Waals surface area contributed by atoms with Gasteiger partial charge in [0.05, 0.1) is 6.61 Å². The van der Waals surface area contributed by atoms with Crippen LogP contribution in [0.15, 0.2) is 24.3 Å². The van der Waals surface area contributed by atoms with Gasteiger partial charge in [-0.25, -0.2) is 4.79 Å². The predicted octanol–water partition coefficient (Wildman–Crippen LogP) is 2.60. The van der Waals surface area contributed by atoms with E-state index in [1.54, 1.807) is 4.90 Å². The third-order valence-electron chi connectivity index (χ3n) is 3.39. The minimum atomic E-state index is -0.466. The van der Waals surface area contributed by atoms with Crippen molar-refractivity contribution in [3.63, 3.8) is 0 Å². The Morgan fingerprint density at radius 2 is 2.14 bits per heavy atom. The maximum atomic E-state index is 12.0. The molecule has 1 aliphatic heterocycles. The third kappa shape index (κ3) is 4.36. The molecule has 1 aliphatic rings. The largest absolute Gasteiger partial charge is 0.444 e. The number of rotatable bonds is 3. The van der Waals surface area contributed by atoms with Crippen molar-refractivity contribution in [3.8, 4) is 0 Å². The van der Waals surface area contributed by atoms with Gasteiger partial charge in [0.1, 0.15) is 5.60 Å². The minimum Gasteiger partial charge on any atom is -0.444 e. The molecule has 2 N–H and O–H groups in total. The number of nitrogens with zero attached hydrogens (tertiary/aromatic N) is 1. The molecule has 0 bridgehead atoms. The molecule has 2 rings (SSSR count). The molecule has 1 aromatic carbocycles. The van der Waals surface area contributed by atoms with Crippen molar-refractivity contribution in [2.45, 2.75) is 45.4 Å². The fourth-order valence-corrected chi connectivity index (χ4v) is 2.39. The number of hydrogen-bond donors (Lipinski definition) is 2. The summed E-state index contributed by atoms with van der Waals surface area (Å²) < 4.78 is 5.38. The van der Waals surface area contributed by atoms with Crippen LogP contribution in [-0.4, -0.2) is 40.8 Å². The average Bonchev–Trinajstić information content (AvgIpc) is 2.86. The number of para-hydroxylation sites is 1. The van der Waals surface area contributed by atoms with Gasteiger partial charge in [0, 0.05) is 30.4 Å². The summed E-state index contributed by atoms with van der Waals surface area (Å²) in [6.45, 7) is 6.92. The second-order valence-corrected chi connectivity index (χ2v) is 6.37. The molecule has 1 heterocycles. The molecule has 0 radical (unpaired) electrons. The lowest BCUT2D eigenvalue weighted by atomic mass is 10.1. The molecular weight excluding hydrogens is 268 g/mol. The number of nitrogens with one attached hydrogen (secondary N) is 1. The molecule has 5 nitrogen and oxygen atoms in total. The van der Waals surface area contributed by atoms with E-state index in [1.165, 1.54) is 0 Å². The summed E-state index contributed by atoms with van der Waals surface area (Å²) in [6, 6.07) is 7.86. The Hall–Kier alpha value is -1.75. The van der Waals surface area contributed by atoms with Crippen LogP contribution in [-0.2, 0) is 11.3 Å². The molecule has 0 saturated carbocycles. The Bertz CT molecular complexity index is 497. The maximum absolute atomic E-state index is 12.0. The van der Waals surface area contributed by atoms with Crippen molar-refractivity contribution >= 4 is 11.8 Å². The van der Waals surface area contributed by atoms with E-state index in [2.05, 4.69) is 5.32 Å². The van der Waals surface area contributed by atoms with E-state index in [0.29, 0.717) is 13.1 Å². The number of aliphatic hydroxyl groups is 1. The third-order valence-corrected chi connectivity index (χ3v) is 3.39. The standard InChI is InChI=1S/C16H24N2O3/c1-16(2,3)21-15(20)18-9-8-13(10-18)17-14-7-5-4-6-12(14)11-19/h4-7,13,17,19H,8-11H2,1-3H3. The Kier molecular flexibility index (Phi) is 4.73. The molecule has 0 spiro atoms. The first-order chi connectivity index (χ1) is 9.89. The van der Waals surface area contributed by atoms with Crippen LogP contribution in [0.2, 0.25) is 0 Å². The lowest BCUT2D eigenvalue weighted by Gasteiger charge is -2.24. The summed E-state index contributed by atoms with van der Waals surface area (Å²) in [5.41, 5.74) is 1.33. The zero-order chi connectivity index (χ0) is 15.5. The number of likely N-dealkylation sites (tertiary alicyclic amines) is 1. The smallest absolute Gasteiger partial charge is 0.410 e. The van der Waals surface area contributed by atoms with E-state index in [1.807, 2.05) is 45.0 Å². The van der Waals surface area contributed by atoms with Crippen LogP contribution >= 0.6 is 0 Å². The summed E-state index contributed by atoms with van der Waals surface area (Å²) in [4.78, 5) is 13.7. The van der Waals surface area contributed by atoms with Gasteiger partial charge in [0.2, 0.25) is 0 Å². The first kappa shape index (κ1) is 15.6. The van der Waals surface area contributed by atoms with Crippen molar-refractivity contribution in [1.82, 2.24) is 4.90 Å². The number of carbonyl (C=O) groups is 1. The number of carbonyl (C=O) groups excluding carboxylic acids is 1. The van der Waals surface area contributed by atoms with Gasteiger partial charge in [0.25, 0.3) is 0 Å². The fraction of sp³-hybridized carbons (Fsp3) is 0.562. The number of hydrogen-bond acceptors (Lipinski definition) is 4. The fourth-order valence-electron chi connectivity index (χ4n) is 2.39. The highest BCUT2D eigenvalue weighted by atomic mass is 16.6. The number of ether oxygens (including phenoxy) is 1. The summed E-state index contributed by atoms with van der Waals surface area (Å²) >= 11 is 0. The Balaban J connectivity index is 1.92. The van der Waals surface area contributed by atoms with Gasteiger partial charge in [-0.1, -0.05) is 18.2 Å². The van der Waals surface area contributed by atoms with Crippen molar-refractivity contribution in [2.75, 3.05) is 18.4 Å². The van der Waals surface area contributed by atoms with Crippen LogP contribution in [0, 0.1) is 0 Å². The molecule has 116 valence electrons. The van der Waals surface area contributed by atoms with E-state index in [9.17, 15) is 9.90 Å². The second-order valence-electron chi connectivity index (χ2n) is 6.37. The van der Waals surface area contributed by atoms with E-state index < -0.39 is 5.60 Å².